The molecule has 0 bridgehead atoms. The number of hydrogen-bond acceptors (Lipinski definition) is 6. The number of fused-ring (bicyclic) bond motifs is 1. The lowest BCUT2D eigenvalue weighted by Gasteiger charge is -2.20. The maximum Gasteiger partial charge on any atom is 0.329 e. The van der Waals surface area contributed by atoms with Crippen molar-refractivity contribution in [2.75, 3.05) is 11.9 Å². The molecule has 0 saturated heterocycles. The van der Waals surface area contributed by atoms with E-state index in [1.54, 1.807) is 24.3 Å². The van der Waals surface area contributed by atoms with Crippen molar-refractivity contribution in [3.8, 4) is 6.07 Å². The minimum atomic E-state index is -1.17. The quantitative estimate of drug-likeness (QED) is 0.626. The van der Waals surface area contributed by atoms with E-state index in [1.807, 2.05) is 6.07 Å². The third-order valence-corrected chi connectivity index (χ3v) is 4.20. The first kappa shape index (κ1) is 18.8. The largest absolute Gasteiger partial charge is 0.454 e. The average molecular weight is 377 g/mol. The molecule has 8 nitrogen and oxygen atoms in total. The van der Waals surface area contributed by atoms with Crippen LogP contribution >= 0.6 is 0 Å². The van der Waals surface area contributed by atoms with E-state index in [9.17, 15) is 19.2 Å². The molecule has 0 aromatic heterocycles. The second-order valence-electron chi connectivity index (χ2n) is 6.05. The van der Waals surface area contributed by atoms with Gasteiger partial charge in [-0.2, -0.15) is 5.26 Å². The van der Waals surface area contributed by atoms with E-state index >= 15 is 0 Å². The molecular formula is C20H15N3O5. The van der Waals surface area contributed by atoms with Crippen molar-refractivity contribution in [1.29, 1.82) is 5.26 Å². The van der Waals surface area contributed by atoms with E-state index in [0.717, 1.165) is 4.90 Å². The Morgan fingerprint density at radius 3 is 2.18 bits per heavy atom. The Bertz CT molecular complexity index is 972. The molecule has 1 heterocycles. The Kier molecular flexibility index (Phi) is 5.18. The predicted molar refractivity (Wildman–Crippen MR) is 97.1 cm³/mol. The van der Waals surface area contributed by atoms with E-state index in [-0.39, 0.29) is 11.1 Å². The zero-order valence-corrected chi connectivity index (χ0v) is 14.8. The molecule has 1 aliphatic heterocycles. The van der Waals surface area contributed by atoms with Crippen LogP contribution in [0.4, 0.5) is 5.69 Å². The number of carbonyl (C=O) groups excluding carboxylic acids is 4. The first-order valence-electron chi connectivity index (χ1n) is 8.36. The van der Waals surface area contributed by atoms with Crippen LogP contribution in [-0.4, -0.2) is 41.2 Å². The number of rotatable bonds is 5. The first-order valence-corrected chi connectivity index (χ1v) is 8.36. The fourth-order valence-corrected chi connectivity index (χ4v) is 2.75. The lowest BCUT2D eigenvalue weighted by atomic mass is 10.1. The van der Waals surface area contributed by atoms with Crippen LogP contribution in [0.1, 0.15) is 33.2 Å². The van der Waals surface area contributed by atoms with Gasteiger partial charge < -0.3 is 10.1 Å². The van der Waals surface area contributed by atoms with Gasteiger partial charge in [0.25, 0.3) is 17.7 Å². The summed E-state index contributed by atoms with van der Waals surface area (Å²) in [5.41, 5.74) is 1.34. The highest BCUT2D eigenvalue weighted by Crippen LogP contribution is 2.24. The Hall–Kier alpha value is -3.99. The number of carbonyl (C=O) groups is 4. The Labute approximate surface area is 160 Å². The fraction of sp³-hybridized carbons (Fsp3) is 0.150. The van der Waals surface area contributed by atoms with Crippen LogP contribution in [-0.2, 0) is 14.3 Å². The molecule has 2 aromatic carbocycles. The minimum absolute atomic E-state index is 0.228. The van der Waals surface area contributed by atoms with Crippen molar-refractivity contribution in [2.24, 2.45) is 0 Å². The summed E-state index contributed by atoms with van der Waals surface area (Å²) in [6.45, 7) is 0.787. The van der Waals surface area contributed by atoms with Crippen molar-refractivity contribution in [1.82, 2.24) is 4.90 Å². The van der Waals surface area contributed by atoms with Gasteiger partial charge in [0.15, 0.2) is 6.61 Å². The molecule has 2 aromatic rings. The molecule has 0 radical (unpaired) electrons. The Morgan fingerprint density at radius 2 is 1.64 bits per heavy atom. The van der Waals surface area contributed by atoms with Crippen LogP contribution in [0.5, 0.6) is 0 Å². The van der Waals surface area contributed by atoms with E-state index in [4.69, 9.17) is 10.00 Å². The molecular weight excluding hydrogens is 362 g/mol. The highest BCUT2D eigenvalue weighted by Gasteiger charge is 2.41. The number of imide groups is 1. The number of esters is 1. The Morgan fingerprint density at radius 1 is 1.07 bits per heavy atom. The topological polar surface area (TPSA) is 117 Å². The van der Waals surface area contributed by atoms with Crippen LogP contribution in [0.3, 0.4) is 0 Å². The molecule has 3 rings (SSSR count). The summed E-state index contributed by atoms with van der Waals surface area (Å²) in [6.07, 6.45) is 0. The van der Waals surface area contributed by atoms with Gasteiger partial charge in [0.05, 0.1) is 22.8 Å². The van der Waals surface area contributed by atoms with Gasteiger partial charge in [-0.25, -0.2) is 4.79 Å². The van der Waals surface area contributed by atoms with Gasteiger partial charge in [-0.1, -0.05) is 12.1 Å². The van der Waals surface area contributed by atoms with E-state index in [2.05, 4.69) is 5.32 Å². The van der Waals surface area contributed by atoms with Crippen molar-refractivity contribution >= 4 is 29.4 Å². The van der Waals surface area contributed by atoms with Crippen LogP contribution in [0.25, 0.3) is 0 Å². The van der Waals surface area contributed by atoms with Gasteiger partial charge in [0.2, 0.25) is 0 Å². The summed E-state index contributed by atoms with van der Waals surface area (Å²) in [5.74, 6) is -2.61. The van der Waals surface area contributed by atoms with Crippen molar-refractivity contribution < 1.29 is 23.9 Å². The number of hydrogen-bond donors (Lipinski definition) is 1. The maximum absolute atomic E-state index is 12.4. The second kappa shape index (κ2) is 7.72. The number of anilines is 1. The summed E-state index contributed by atoms with van der Waals surface area (Å²) >= 11 is 0. The van der Waals surface area contributed by atoms with Gasteiger partial charge in [0, 0.05) is 5.69 Å². The zero-order valence-electron chi connectivity index (χ0n) is 14.8. The molecule has 0 spiro atoms. The van der Waals surface area contributed by atoms with E-state index < -0.39 is 36.3 Å². The normalized spacial score (nSPS) is 13.5. The molecule has 3 amide bonds. The van der Waals surface area contributed by atoms with Crippen LogP contribution in [0.2, 0.25) is 0 Å². The molecule has 1 N–H and O–H groups in total. The van der Waals surface area contributed by atoms with Crippen LogP contribution in [0, 0.1) is 11.3 Å². The average Bonchev–Trinajstić information content (AvgIpc) is 2.97. The van der Waals surface area contributed by atoms with Gasteiger partial charge in [0.1, 0.15) is 6.04 Å². The molecule has 8 heteroatoms. The van der Waals surface area contributed by atoms with Crippen LogP contribution in [0.15, 0.2) is 48.5 Å². The monoisotopic (exact) mass is 377 g/mol. The number of nitrogens with one attached hydrogen (secondary N) is 1. The van der Waals surface area contributed by atoms with E-state index in [1.165, 1.54) is 31.2 Å². The van der Waals surface area contributed by atoms with Gasteiger partial charge in [-0.3, -0.25) is 19.3 Å². The SMILES string of the molecule is C[C@H](C(=O)OCC(=O)Nc1ccc(C#N)cc1)N1C(=O)c2ccccc2C1=O. The molecule has 0 saturated carbocycles. The number of ether oxygens (including phenoxy) is 1. The summed E-state index contributed by atoms with van der Waals surface area (Å²) in [7, 11) is 0. The smallest absolute Gasteiger partial charge is 0.329 e. The van der Waals surface area contributed by atoms with Crippen molar-refractivity contribution in [3.05, 3.63) is 65.2 Å². The number of nitrogens with zero attached hydrogens (tertiary/aromatic N) is 2. The lowest BCUT2D eigenvalue weighted by molar-refractivity contribution is -0.150. The molecule has 1 aliphatic rings. The number of benzene rings is 2. The third-order valence-electron chi connectivity index (χ3n) is 4.20. The highest BCUT2D eigenvalue weighted by atomic mass is 16.5. The molecule has 1 atom stereocenters. The lowest BCUT2D eigenvalue weighted by Crippen LogP contribution is -2.44. The van der Waals surface area contributed by atoms with Crippen molar-refractivity contribution in [2.45, 2.75) is 13.0 Å². The number of amides is 3. The van der Waals surface area contributed by atoms with Crippen LogP contribution < -0.4 is 5.32 Å². The summed E-state index contributed by atoms with van der Waals surface area (Å²) < 4.78 is 4.94. The van der Waals surface area contributed by atoms with E-state index in [0.29, 0.717) is 11.3 Å². The van der Waals surface area contributed by atoms with Crippen molar-refractivity contribution in [3.63, 3.8) is 0 Å². The molecule has 0 fully saturated rings. The first-order chi connectivity index (χ1) is 13.4. The zero-order chi connectivity index (χ0) is 20.3. The molecule has 0 aliphatic carbocycles. The number of nitriles is 1. The molecule has 28 heavy (non-hydrogen) atoms. The molecule has 0 unspecified atom stereocenters. The van der Waals surface area contributed by atoms with Gasteiger partial charge in [-0.05, 0) is 43.3 Å². The minimum Gasteiger partial charge on any atom is -0.454 e. The Balaban J connectivity index is 1.57. The standard InChI is InChI=1S/C20H15N3O5/c1-12(23-18(25)15-4-2-3-5-16(15)19(23)26)20(27)28-11-17(24)22-14-8-6-13(10-21)7-9-14/h2-9,12H,11H2,1H3,(H,22,24)/t12-/m1/s1. The summed E-state index contributed by atoms with van der Waals surface area (Å²) in [4.78, 5) is 49.7. The third kappa shape index (κ3) is 3.59. The molecule has 140 valence electrons. The van der Waals surface area contributed by atoms with Gasteiger partial charge >= 0.3 is 5.97 Å². The maximum atomic E-state index is 12.4. The summed E-state index contributed by atoms with van der Waals surface area (Å²) in [6, 6.07) is 13.2. The summed E-state index contributed by atoms with van der Waals surface area (Å²) in [5, 5.41) is 11.3. The highest BCUT2D eigenvalue weighted by molar-refractivity contribution is 6.22. The predicted octanol–water partition coefficient (Wildman–Crippen LogP) is 1.72. The second-order valence-corrected chi connectivity index (χ2v) is 6.05. The van der Waals surface area contributed by atoms with Gasteiger partial charge in [-0.15, -0.1) is 0 Å². The fourth-order valence-electron chi connectivity index (χ4n) is 2.75.